The zero-order chi connectivity index (χ0) is 10.8. The van der Waals surface area contributed by atoms with Crippen LogP contribution in [-0.4, -0.2) is 20.1 Å². The summed E-state index contributed by atoms with van der Waals surface area (Å²) in [5, 5.41) is 2.52. The Bertz CT molecular complexity index is 247. The van der Waals surface area contributed by atoms with Gasteiger partial charge in [-0.25, -0.2) is 0 Å². The second-order valence-electron chi connectivity index (χ2n) is 2.40. The van der Waals surface area contributed by atoms with Crippen LogP contribution in [0.25, 0.3) is 0 Å². The first kappa shape index (κ1) is 12.4. The SMILES string of the molecule is CCN.COc1ccc(NC=O)cc1. The fourth-order valence-electron chi connectivity index (χ4n) is 0.755. The Balaban J connectivity index is 0.000000500. The van der Waals surface area contributed by atoms with Crippen molar-refractivity contribution in [2.24, 2.45) is 5.73 Å². The fourth-order valence-corrected chi connectivity index (χ4v) is 0.755. The molecule has 4 heteroatoms. The number of ether oxygens (including phenoxy) is 1. The van der Waals surface area contributed by atoms with Gasteiger partial charge in [-0.1, -0.05) is 6.92 Å². The van der Waals surface area contributed by atoms with Gasteiger partial charge in [0.05, 0.1) is 7.11 Å². The van der Waals surface area contributed by atoms with Gasteiger partial charge in [0, 0.05) is 5.69 Å². The minimum absolute atomic E-state index is 0.641. The van der Waals surface area contributed by atoms with E-state index in [2.05, 4.69) is 5.32 Å². The molecular formula is C10H16N2O2. The Morgan fingerprint density at radius 1 is 1.43 bits per heavy atom. The summed E-state index contributed by atoms with van der Waals surface area (Å²) >= 11 is 0. The maximum Gasteiger partial charge on any atom is 0.211 e. The largest absolute Gasteiger partial charge is 0.497 e. The van der Waals surface area contributed by atoms with Crippen LogP contribution in [0.5, 0.6) is 5.75 Å². The number of hydrogen-bond acceptors (Lipinski definition) is 3. The lowest BCUT2D eigenvalue weighted by molar-refractivity contribution is -0.105. The van der Waals surface area contributed by atoms with Gasteiger partial charge in [0.15, 0.2) is 0 Å². The third-order valence-electron chi connectivity index (χ3n) is 1.32. The van der Waals surface area contributed by atoms with Crippen molar-refractivity contribution < 1.29 is 9.53 Å². The minimum atomic E-state index is 0.641. The van der Waals surface area contributed by atoms with Crippen molar-refractivity contribution in [2.45, 2.75) is 6.92 Å². The third kappa shape index (κ3) is 5.16. The molecule has 0 spiro atoms. The maximum atomic E-state index is 9.99. The quantitative estimate of drug-likeness (QED) is 0.714. The van der Waals surface area contributed by atoms with Crippen molar-refractivity contribution in [3.05, 3.63) is 24.3 Å². The Labute approximate surface area is 84.1 Å². The molecule has 0 heterocycles. The van der Waals surface area contributed by atoms with E-state index in [-0.39, 0.29) is 0 Å². The third-order valence-corrected chi connectivity index (χ3v) is 1.32. The van der Waals surface area contributed by atoms with Crippen LogP contribution < -0.4 is 15.8 Å². The molecule has 0 saturated carbocycles. The highest BCUT2D eigenvalue weighted by Crippen LogP contribution is 2.13. The van der Waals surface area contributed by atoms with E-state index in [1.54, 1.807) is 31.4 Å². The van der Waals surface area contributed by atoms with E-state index in [1.165, 1.54) is 0 Å². The van der Waals surface area contributed by atoms with Crippen molar-refractivity contribution in [1.82, 2.24) is 0 Å². The van der Waals surface area contributed by atoms with Gasteiger partial charge in [-0.2, -0.15) is 0 Å². The first-order valence-corrected chi connectivity index (χ1v) is 4.32. The van der Waals surface area contributed by atoms with E-state index in [0.29, 0.717) is 6.41 Å². The highest BCUT2D eigenvalue weighted by molar-refractivity contribution is 5.71. The molecule has 0 fully saturated rings. The summed E-state index contributed by atoms with van der Waals surface area (Å²) in [7, 11) is 1.60. The minimum Gasteiger partial charge on any atom is -0.497 e. The zero-order valence-corrected chi connectivity index (χ0v) is 8.49. The molecule has 0 bridgehead atoms. The summed E-state index contributed by atoms with van der Waals surface area (Å²) in [6, 6.07) is 7.11. The Morgan fingerprint density at radius 2 is 1.93 bits per heavy atom. The summed E-state index contributed by atoms with van der Waals surface area (Å²) in [6.07, 6.45) is 0.641. The van der Waals surface area contributed by atoms with E-state index in [4.69, 9.17) is 10.5 Å². The number of carbonyl (C=O) groups excluding carboxylic acids is 1. The number of amides is 1. The number of methoxy groups -OCH3 is 1. The second kappa shape index (κ2) is 8.07. The number of anilines is 1. The summed E-state index contributed by atoms with van der Waals surface area (Å²) in [4.78, 5) is 9.99. The Morgan fingerprint density at radius 3 is 2.29 bits per heavy atom. The van der Waals surface area contributed by atoms with Crippen LogP contribution in [0.15, 0.2) is 24.3 Å². The lowest BCUT2D eigenvalue weighted by atomic mass is 10.3. The average Bonchev–Trinajstić information content (AvgIpc) is 2.21. The van der Waals surface area contributed by atoms with E-state index in [1.807, 2.05) is 6.92 Å². The van der Waals surface area contributed by atoms with Crippen LogP contribution in [0.1, 0.15) is 6.92 Å². The van der Waals surface area contributed by atoms with Gasteiger partial charge in [0.25, 0.3) is 0 Å². The molecule has 0 aliphatic carbocycles. The fraction of sp³-hybridized carbons (Fsp3) is 0.300. The predicted octanol–water partition coefficient (Wildman–Crippen LogP) is 1.23. The summed E-state index contributed by atoms with van der Waals surface area (Å²) in [5.74, 6) is 0.779. The molecule has 1 rings (SSSR count). The number of nitrogens with two attached hydrogens (primary N) is 1. The second-order valence-corrected chi connectivity index (χ2v) is 2.40. The topological polar surface area (TPSA) is 64.3 Å². The molecule has 0 saturated heterocycles. The van der Waals surface area contributed by atoms with E-state index in [0.717, 1.165) is 18.0 Å². The molecule has 1 aromatic rings. The van der Waals surface area contributed by atoms with Crippen LogP contribution in [0.4, 0.5) is 5.69 Å². The molecule has 0 unspecified atom stereocenters. The number of hydrogen-bond donors (Lipinski definition) is 2. The average molecular weight is 196 g/mol. The standard InChI is InChI=1S/C8H9NO2.C2H7N/c1-11-8-4-2-7(3-5-8)9-6-10;1-2-3/h2-6H,1H3,(H,9,10);2-3H2,1H3. The smallest absolute Gasteiger partial charge is 0.211 e. The molecule has 14 heavy (non-hydrogen) atoms. The molecule has 3 N–H and O–H groups in total. The van der Waals surface area contributed by atoms with Gasteiger partial charge in [-0.3, -0.25) is 4.79 Å². The van der Waals surface area contributed by atoms with Gasteiger partial charge in [-0.05, 0) is 30.8 Å². The van der Waals surface area contributed by atoms with E-state index >= 15 is 0 Å². The van der Waals surface area contributed by atoms with Crippen LogP contribution in [0, 0.1) is 0 Å². The first-order chi connectivity index (χ1) is 6.78. The van der Waals surface area contributed by atoms with E-state index < -0.39 is 0 Å². The molecular weight excluding hydrogens is 180 g/mol. The highest BCUT2D eigenvalue weighted by atomic mass is 16.5. The molecule has 78 valence electrons. The van der Waals surface area contributed by atoms with Crippen molar-refractivity contribution >= 4 is 12.1 Å². The van der Waals surface area contributed by atoms with Crippen LogP contribution in [-0.2, 0) is 4.79 Å². The number of benzene rings is 1. The normalized spacial score (nSPS) is 8.21. The van der Waals surface area contributed by atoms with Crippen molar-refractivity contribution in [2.75, 3.05) is 19.0 Å². The zero-order valence-electron chi connectivity index (χ0n) is 8.49. The molecule has 4 nitrogen and oxygen atoms in total. The number of rotatable bonds is 3. The van der Waals surface area contributed by atoms with Gasteiger partial charge >= 0.3 is 0 Å². The number of carbonyl (C=O) groups is 1. The van der Waals surface area contributed by atoms with Crippen LogP contribution >= 0.6 is 0 Å². The van der Waals surface area contributed by atoms with Crippen molar-refractivity contribution in [3.63, 3.8) is 0 Å². The van der Waals surface area contributed by atoms with Gasteiger partial charge in [-0.15, -0.1) is 0 Å². The molecule has 1 amide bonds. The Hall–Kier alpha value is -1.55. The van der Waals surface area contributed by atoms with Gasteiger partial charge < -0.3 is 15.8 Å². The molecule has 1 aromatic carbocycles. The Kier molecular flexibility index (Phi) is 7.17. The molecule has 0 aliphatic rings. The van der Waals surface area contributed by atoms with E-state index in [9.17, 15) is 4.79 Å². The molecule has 0 aromatic heterocycles. The van der Waals surface area contributed by atoms with Crippen LogP contribution in [0.3, 0.4) is 0 Å². The maximum absolute atomic E-state index is 9.99. The van der Waals surface area contributed by atoms with Gasteiger partial charge in [0.1, 0.15) is 5.75 Å². The lowest BCUT2D eigenvalue weighted by Gasteiger charge is -2.00. The first-order valence-electron chi connectivity index (χ1n) is 4.32. The summed E-state index contributed by atoms with van der Waals surface area (Å²) < 4.78 is 4.93. The van der Waals surface area contributed by atoms with Gasteiger partial charge in [0.2, 0.25) is 6.41 Å². The molecule has 0 radical (unpaired) electrons. The molecule has 0 aliphatic heterocycles. The summed E-state index contributed by atoms with van der Waals surface area (Å²) in [5.41, 5.74) is 5.61. The lowest BCUT2D eigenvalue weighted by Crippen LogP contribution is -1.92. The highest BCUT2D eigenvalue weighted by Gasteiger charge is 1.90. The summed E-state index contributed by atoms with van der Waals surface area (Å²) in [6.45, 7) is 2.65. The monoisotopic (exact) mass is 196 g/mol. The molecule has 0 atom stereocenters. The van der Waals surface area contributed by atoms with Crippen molar-refractivity contribution in [1.29, 1.82) is 0 Å². The number of nitrogens with one attached hydrogen (secondary N) is 1. The van der Waals surface area contributed by atoms with Crippen LogP contribution in [0.2, 0.25) is 0 Å². The van der Waals surface area contributed by atoms with Crippen molar-refractivity contribution in [3.8, 4) is 5.75 Å². The predicted molar refractivity (Wildman–Crippen MR) is 57.4 cm³/mol.